The average Bonchev–Trinajstić information content (AvgIpc) is 2.79. The van der Waals surface area contributed by atoms with Gasteiger partial charge in [0.1, 0.15) is 11.5 Å². The molecule has 0 fully saturated rings. The van der Waals surface area contributed by atoms with Crippen LogP contribution in [-0.4, -0.2) is 25.5 Å². The number of para-hydroxylation sites is 1. The van der Waals surface area contributed by atoms with E-state index >= 15 is 0 Å². The number of aryl methyl sites for hydroxylation is 2. The van der Waals surface area contributed by atoms with Gasteiger partial charge in [-0.2, -0.15) is 0 Å². The van der Waals surface area contributed by atoms with Gasteiger partial charge in [-0.15, -0.1) is 0 Å². The normalized spacial score (nSPS) is 10.3. The van der Waals surface area contributed by atoms with Crippen molar-refractivity contribution in [2.75, 3.05) is 19.0 Å². The lowest BCUT2D eigenvalue weighted by atomic mass is 10.1. The van der Waals surface area contributed by atoms with Gasteiger partial charge in [-0.05, 0) is 66.9 Å². The molecular weight excluding hydrogens is 392 g/mol. The third-order valence-corrected chi connectivity index (χ3v) is 4.85. The van der Waals surface area contributed by atoms with Crippen LogP contribution in [0.1, 0.15) is 27.0 Å². The molecule has 3 aromatic rings. The number of methoxy groups -OCH3 is 1. The van der Waals surface area contributed by atoms with E-state index in [9.17, 15) is 9.59 Å². The molecule has 3 rings (SSSR count). The van der Waals surface area contributed by atoms with Crippen LogP contribution in [-0.2, 0) is 11.3 Å². The highest BCUT2D eigenvalue weighted by atomic mass is 16.5. The minimum Gasteiger partial charge on any atom is -0.497 e. The number of hydrogen-bond acceptors (Lipinski definition) is 4. The smallest absolute Gasteiger partial charge is 0.258 e. The molecule has 2 N–H and O–H groups in total. The van der Waals surface area contributed by atoms with Crippen molar-refractivity contribution in [3.63, 3.8) is 0 Å². The summed E-state index contributed by atoms with van der Waals surface area (Å²) in [7, 11) is 1.61. The Balaban J connectivity index is 1.48. The molecule has 6 nitrogen and oxygen atoms in total. The van der Waals surface area contributed by atoms with Gasteiger partial charge in [0.2, 0.25) is 0 Å². The maximum atomic E-state index is 12.5. The van der Waals surface area contributed by atoms with E-state index in [1.807, 2.05) is 56.3 Å². The Bertz CT molecular complexity index is 1020. The first-order valence-electron chi connectivity index (χ1n) is 9.96. The molecule has 0 atom stereocenters. The maximum Gasteiger partial charge on any atom is 0.258 e. The van der Waals surface area contributed by atoms with Crippen LogP contribution in [0, 0.1) is 13.8 Å². The SMILES string of the molecule is COc1ccc(CNC(=O)COc2ccc(C(=O)Nc3c(C)cccc3C)cc2)cc1. The van der Waals surface area contributed by atoms with Crippen LogP contribution < -0.4 is 20.1 Å². The van der Waals surface area contributed by atoms with E-state index in [-0.39, 0.29) is 18.4 Å². The van der Waals surface area contributed by atoms with Crippen molar-refractivity contribution in [1.29, 1.82) is 0 Å². The Morgan fingerprint density at radius 3 is 2.06 bits per heavy atom. The van der Waals surface area contributed by atoms with Crippen molar-refractivity contribution in [2.24, 2.45) is 0 Å². The number of nitrogens with one attached hydrogen (secondary N) is 2. The van der Waals surface area contributed by atoms with Crippen LogP contribution in [0.15, 0.2) is 66.7 Å². The molecule has 0 radical (unpaired) electrons. The zero-order valence-corrected chi connectivity index (χ0v) is 17.9. The lowest BCUT2D eigenvalue weighted by molar-refractivity contribution is -0.123. The lowest BCUT2D eigenvalue weighted by Crippen LogP contribution is -2.28. The monoisotopic (exact) mass is 418 g/mol. The van der Waals surface area contributed by atoms with E-state index in [0.717, 1.165) is 28.1 Å². The van der Waals surface area contributed by atoms with Crippen molar-refractivity contribution >= 4 is 17.5 Å². The minimum absolute atomic E-state index is 0.107. The fraction of sp³-hybridized carbons (Fsp3) is 0.200. The zero-order valence-electron chi connectivity index (χ0n) is 17.9. The fourth-order valence-electron chi connectivity index (χ4n) is 3.04. The van der Waals surface area contributed by atoms with Crippen molar-refractivity contribution in [3.05, 3.63) is 89.0 Å². The number of amides is 2. The summed E-state index contributed by atoms with van der Waals surface area (Å²) in [6.07, 6.45) is 0. The molecule has 0 bridgehead atoms. The van der Waals surface area contributed by atoms with E-state index in [1.165, 1.54) is 0 Å². The molecule has 0 spiro atoms. The molecule has 6 heteroatoms. The molecule has 0 aliphatic carbocycles. The number of benzene rings is 3. The molecule has 0 aliphatic heterocycles. The Morgan fingerprint density at radius 2 is 1.45 bits per heavy atom. The third-order valence-electron chi connectivity index (χ3n) is 4.85. The highest BCUT2D eigenvalue weighted by molar-refractivity contribution is 6.05. The Hall–Kier alpha value is -3.80. The van der Waals surface area contributed by atoms with Crippen molar-refractivity contribution in [2.45, 2.75) is 20.4 Å². The number of carbonyl (C=O) groups excluding carboxylic acids is 2. The Labute approximate surface area is 182 Å². The Kier molecular flexibility index (Phi) is 7.27. The topological polar surface area (TPSA) is 76.7 Å². The predicted molar refractivity (Wildman–Crippen MR) is 121 cm³/mol. The summed E-state index contributed by atoms with van der Waals surface area (Å²) in [4.78, 5) is 24.6. The Morgan fingerprint density at radius 1 is 0.839 bits per heavy atom. The van der Waals surface area contributed by atoms with Crippen LogP contribution in [0.2, 0.25) is 0 Å². The number of carbonyl (C=O) groups is 2. The van der Waals surface area contributed by atoms with E-state index < -0.39 is 0 Å². The summed E-state index contributed by atoms with van der Waals surface area (Å²) >= 11 is 0. The van der Waals surface area contributed by atoms with E-state index in [0.29, 0.717) is 17.9 Å². The molecule has 3 aromatic carbocycles. The molecule has 0 saturated heterocycles. The van der Waals surface area contributed by atoms with Crippen LogP contribution in [0.4, 0.5) is 5.69 Å². The fourth-order valence-corrected chi connectivity index (χ4v) is 3.04. The summed E-state index contributed by atoms with van der Waals surface area (Å²) in [5.41, 5.74) is 4.32. The second-order valence-corrected chi connectivity index (χ2v) is 7.16. The van der Waals surface area contributed by atoms with Crippen LogP contribution in [0.5, 0.6) is 11.5 Å². The first-order valence-corrected chi connectivity index (χ1v) is 9.96. The van der Waals surface area contributed by atoms with Gasteiger partial charge in [-0.3, -0.25) is 9.59 Å². The van der Waals surface area contributed by atoms with Gasteiger partial charge in [0.15, 0.2) is 6.61 Å². The summed E-state index contributed by atoms with van der Waals surface area (Å²) in [5.74, 6) is 0.863. The van der Waals surface area contributed by atoms with Gasteiger partial charge in [0.25, 0.3) is 11.8 Å². The maximum absolute atomic E-state index is 12.5. The summed E-state index contributed by atoms with van der Waals surface area (Å²) in [5, 5.41) is 5.76. The van der Waals surface area contributed by atoms with Gasteiger partial charge in [0.05, 0.1) is 7.11 Å². The number of ether oxygens (including phenoxy) is 2. The van der Waals surface area contributed by atoms with Gasteiger partial charge < -0.3 is 20.1 Å². The molecule has 160 valence electrons. The molecule has 0 aromatic heterocycles. The van der Waals surface area contributed by atoms with Crippen LogP contribution in [0.3, 0.4) is 0 Å². The molecular formula is C25H26N2O4. The molecule has 0 saturated carbocycles. The van der Waals surface area contributed by atoms with Gasteiger partial charge in [0, 0.05) is 17.8 Å². The standard InChI is InChI=1S/C25H26N2O4/c1-17-5-4-6-18(2)24(17)27-25(29)20-9-13-22(14-10-20)31-16-23(28)26-15-19-7-11-21(30-3)12-8-19/h4-14H,15-16H2,1-3H3,(H,26,28)(H,27,29). The summed E-state index contributed by atoms with van der Waals surface area (Å²) in [6.45, 7) is 4.21. The molecule has 2 amide bonds. The highest BCUT2D eigenvalue weighted by Gasteiger charge is 2.10. The number of anilines is 1. The second kappa shape index (κ2) is 10.3. The van der Waals surface area contributed by atoms with Crippen LogP contribution >= 0.6 is 0 Å². The summed E-state index contributed by atoms with van der Waals surface area (Å²) < 4.78 is 10.6. The number of rotatable bonds is 8. The quantitative estimate of drug-likeness (QED) is 0.573. The van der Waals surface area contributed by atoms with E-state index in [4.69, 9.17) is 9.47 Å². The van der Waals surface area contributed by atoms with Crippen molar-refractivity contribution in [3.8, 4) is 11.5 Å². The van der Waals surface area contributed by atoms with E-state index in [1.54, 1.807) is 31.4 Å². The van der Waals surface area contributed by atoms with Gasteiger partial charge in [-0.25, -0.2) is 0 Å². The zero-order chi connectivity index (χ0) is 22.2. The molecule has 0 unspecified atom stereocenters. The minimum atomic E-state index is -0.229. The van der Waals surface area contributed by atoms with Crippen molar-refractivity contribution in [1.82, 2.24) is 5.32 Å². The lowest BCUT2D eigenvalue weighted by Gasteiger charge is -2.12. The molecule has 0 aliphatic rings. The largest absolute Gasteiger partial charge is 0.497 e. The average molecular weight is 418 g/mol. The molecule has 31 heavy (non-hydrogen) atoms. The van der Waals surface area contributed by atoms with Crippen molar-refractivity contribution < 1.29 is 19.1 Å². The highest BCUT2D eigenvalue weighted by Crippen LogP contribution is 2.21. The second-order valence-electron chi connectivity index (χ2n) is 7.16. The van der Waals surface area contributed by atoms with Gasteiger partial charge in [-0.1, -0.05) is 30.3 Å². The first kappa shape index (κ1) is 21.9. The summed E-state index contributed by atoms with van der Waals surface area (Å²) in [6, 6.07) is 20.0. The first-order chi connectivity index (χ1) is 15.0. The van der Waals surface area contributed by atoms with Crippen LogP contribution in [0.25, 0.3) is 0 Å². The van der Waals surface area contributed by atoms with Gasteiger partial charge >= 0.3 is 0 Å². The third kappa shape index (κ3) is 6.09. The predicted octanol–water partition coefficient (Wildman–Crippen LogP) is 4.26. The molecule has 0 heterocycles. The number of hydrogen-bond donors (Lipinski definition) is 2. The van der Waals surface area contributed by atoms with E-state index in [2.05, 4.69) is 10.6 Å².